The Labute approximate surface area is 214 Å². The van der Waals surface area contributed by atoms with Crippen molar-refractivity contribution in [2.24, 2.45) is 5.92 Å². The van der Waals surface area contributed by atoms with Crippen LogP contribution in [0.3, 0.4) is 0 Å². The second-order valence-corrected chi connectivity index (χ2v) is 10.0. The quantitative estimate of drug-likeness (QED) is 0.428. The van der Waals surface area contributed by atoms with Gasteiger partial charge in [-0.15, -0.1) is 0 Å². The lowest BCUT2D eigenvalue weighted by Gasteiger charge is -2.38. The number of ether oxygens (including phenoxy) is 1. The summed E-state index contributed by atoms with van der Waals surface area (Å²) in [6.07, 6.45) is 0. The van der Waals surface area contributed by atoms with Crippen molar-refractivity contribution in [3.8, 4) is 11.1 Å². The van der Waals surface area contributed by atoms with Crippen LogP contribution in [0.25, 0.3) is 11.1 Å². The maximum absolute atomic E-state index is 14.0. The van der Waals surface area contributed by atoms with E-state index in [1.54, 1.807) is 0 Å². The van der Waals surface area contributed by atoms with E-state index in [0.717, 1.165) is 34.4 Å². The third-order valence-corrected chi connectivity index (χ3v) is 7.52. The number of nitrogens with one attached hydrogen (secondary N) is 2. The van der Waals surface area contributed by atoms with E-state index in [0.29, 0.717) is 32.8 Å². The van der Waals surface area contributed by atoms with E-state index in [1.807, 2.05) is 59.5 Å². The van der Waals surface area contributed by atoms with Crippen LogP contribution < -0.4 is 10.0 Å². The van der Waals surface area contributed by atoms with Crippen LogP contribution in [-0.2, 0) is 27.3 Å². The maximum Gasteiger partial charge on any atom is 0.232 e. The molecule has 0 radical (unpaired) electrons. The highest BCUT2D eigenvalue weighted by Crippen LogP contribution is 2.38. The second-order valence-electron chi connectivity index (χ2n) is 9.26. The van der Waals surface area contributed by atoms with Gasteiger partial charge in [0.05, 0.1) is 25.2 Å². The SMILES string of the molecule is O=C([C@@H]1CNC[C@H]1c1ccccc1-c1cccc(CNS(=O)O)c1)N1CCOC[C@@H]1c1ccccc1. The molecule has 0 aromatic heterocycles. The molecule has 1 unspecified atom stereocenters. The van der Waals surface area contributed by atoms with E-state index in [9.17, 15) is 9.00 Å². The summed E-state index contributed by atoms with van der Waals surface area (Å²) in [6, 6.07) is 26.3. The Morgan fingerprint density at radius 3 is 2.69 bits per heavy atom. The van der Waals surface area contributed by atoms with Crippen LogP contribution in [-0.4, -0.2) is 52.4 Å². The molecule has 2 heterocycles. The van der Waals surface area contributed by atoms with Crippen molar-refractivity contribution in [1.29, 1.82) is 0 Å². The molecular weight excluding hydrogens is 474 g/mol. The van der Waals surface area contributed by atoms with Gasteiger partial charge in [0.2, 0.25) is 17.2 Å². The fourth-order valence-corrected chi connectivity index (χ4v) is 5.66. The Balaban J connectivity index is 1.42. The van der Waals surface area contributed by atoms with Gasteiger partial charge in [-0.05, 0) is 33.9 Å². The minimum Gasteiger partial charge on any atom is -0.377 e. The largest absolute Gasteiger partial charge is 0.377 e. The van der Waals surface area contributed by atoms with Crippen LogP contribution in [0.2, 0.25) is 0 Å². The van der Waals surface area contributed by atoms with E-state index >= 15 is 0 Å². The highest BCUT2D eigenvalue weighted by Gasteiger charge is 2.40. The van der Waals surface area contributed by atoms with Crippen LogP contribution in [0, 0.1) is 5.92 Å². The molecule has 7 nitrogen and oxygen atoms in total. The van der Waals surface area contributed by atoms with Crippen LogP contribution in [0.1, 0.15) is 28.7 Å². The Hall–Kier alpha value is -2.88. The monoisotopic (exact) mass is 505 g/mol. The molecule has 3 N–H and O–H groups in total. The number of hydrogen-bond acceptors (Lipinski definition) is 4. The Bertz CT molecular complexity index is 1220. The van der Waals surface area contributed by atoms with E-state index in [4.69, 9.17) is 9.29 Å². The fourth-order valence-electron chi connectivity index (χ4n) is 5.37. The third kappa shape index (κ3) is 5.43. The molecule has 4 atom stereocenters. The summed E-state index contributed by atoms with van der Waals surface area (Å²) in [6.45, 7) is 3.32. The summed E-state index contributed by atoms with van der Waals surface area (Å²) >= 11 is -2.06. The molecular formula is C28H31N3O4S. The number of rotatable bonds is 7. The van der Waals surface area contributed by atoms with Gasteiger partial charge in [0, 0.05) is 32.1 Å². The van der Waals surface area contributed by atoms with Crippen molar-refractivity contribution < 1.29 is 18.3 Å². The topological polar surface area (TPSA) is 90.9 Å². The van der Waals surface area contributed by atoms with E-state index < -0.39 is 11.3 Å². The number of amides is 1. The highest BCUT2D eigenvalue weighted by atomic mass is 32.2. The number of nitrogens with zero attached hydrogens (tertiary/aromatic N) is 1. The van der Waals surface area contributed by atoms with Gasteiger partial charge < -0.3 is 15.0 Å². The van der Waals surface area contributed by atoms with E-state index in [-0.39, 0.29) is 23.8 Å². The number of morpholine rings is 1. The molecule has 36 heavy (non-hydrogen) atoms. The first-order chi connectivity index (χ1) is 17.6. The zero-order valence-electron chi connectivity index (χ0n) is 20.0. The van der Waals surface area contributed by atoms with Crippen LogP contribution >= 0.6 is 0 Å². The number of benzene rings is 3. The molecule has 2 aliphatic heterocycles. The second kappa shape index (κ2) is 11.5. The van der Waals surface area contributed by atoms with Gasteiger partial charge in [-0.2, -0.15) is 0 Å². The average molecular weight is 506 g/mol. The van der Waals surface area contributed by atoms with Crippen molar-refractivity contribution in [1.82, 2.24) is 14.9 Å². The van der Waals surface area contributed by atoms with Gasteiger partial charge in [0.25, 0.3) is 0 Å². The standard InChI is InChI=1S/C28H31N3O4S/c32-28(31-13-14-35-19-27(31)21-8-2-1-3-9-21)26-18-29-17-25(26)24-12-5-4-11-23(24)22-10-6-7-20(15-22)16-30-36(33)34/h1-12,15,25-27,29-30H,13-14,16-19H2,(H,33,34)/t25-,26+,27+/m0/s1. The smallest absolute Gasteiger partial charge is 0.232 e. The molecule has 2 saturated heterocycles. The summed E-state index contributed by atoms with van der Waals surface area (Å²) in [5.41, 5.74) is 5.27. The van der Waals surface area contributed by atoms with Crippen LogP contribution in [0.4, 0.5) is 0 Å². The lowest BCUT2D eigenvalue weighted by molar-refractivity contribution is -0.144. The number of hydrogen-bond donors (Lipinski definition) is 3. The molecule has 3 aromatic carbocycles. The Morgan fingerprint density at radius 1 is 1.06 bits per heavy atom. The molecule has 0 aliphatic carbocycles. The summed E-state index contributed by atoms with van der Waals surface area (Å²) in [4.78, 5) is 16.0. The summed E-state index contributed by atoms with van der Waals surface area (Å²) < 4.78 is 28.4. The highest BCUT2D eigenvalue weighted by molar-refractivity contribution is 7.77. The molecule has 8 heteroatoms. The van der Waals surface area contributed by atoms with E-state index in [2.05, 4.69) is 34.3 Å². The number of carbonyl (C=O) groups is 1. The Morgan fingerprint density at radius 2 is 1.86 bits per heavy atom. The molecule has 2 aliphatic rings. The lowest BCUT2D eigenvalue weighted by Crippen LogP contribution is -2.47. The van der Waals surface area contributed by atoms with Crippen molar-refractivity contribution in [2.45, 2.75) is 18.5 Å². The minimum atomic E-state index is -2.06. The van der Waals surface area contributed by atoms with Gasteiger partial charge in [-0.3, -0.25) is 9.35 Å². The van der Waals surface area contributed by atoms with Crippen molar-refractivity contribution in [3.05, 3.63) is 95.6 Å². The van der Waals surface area contributed by atoms with Crippen molar-refractivity contribution in [3.63, 3.8) is 0 Å². The zero-order valence-corrected chi connectivity index (χ0v) is 20.8. The van der Waals surface area contributed by atoms with Gasteiger partial charge in [0.1, 0.15) is 0 Å². The van der Waals surface area contributed by atoms with Gasteiger partial charge >= 0.3 is 0 Å². The van der Waals surface area contributed by atoms with Crippen LogP contribution in [0.15, 0.2) is 78.9 Å². The lowest BCUT2D eigenvalue weighted by atomic mass is 9.83. The molecule has 1 amide bonds. The van der Waals surface area contributed by atoms with Gasteiger partial charge in [0.15, 0.2) is 0 Å². The predicted octanol–water partition coefficient (Wildman–Crippen LogP) is 3.48. The van der Waals surface area contributed by atoms with Crippen molar-refractivity contribution >= 4 is 17.2 Å². The molecule has 0 saturated carbocycles. The molecule has 0 bridgehead atoms. The van der Waals surface area contributed by atoms with Gasteiger partial charge in [-0.1, -0.05) is 72.8 Å². The van der Waals surface area contributed by atoms with Crippen molar-refractivity contribution in [2.75, 3.05) is 32.8 Å². The van der Waals surface area contributed by atoms with Gasteiger partial charge in [-0.25, -0.2) is 8.93 Å². The Kier molecular flexibility index (Phi) is 7.89. The molecule has 0 spiro atoms. The third-order valence-electron chi connectivity index (χ3n) is 7.13. The maximum atomic E-state index is 14.0. The average Bonchev–Trinajstić information content (AvgIpc) is 3.42. The summed E-state index contributed by atoms with van der Waals surface area (Å²) in [5, 5.41) is 3.47. The molecule has 3 aromatic rings. The normalized spacial score (nSPS) is 22.9. The predicted molar refractivity (Wildman–Crippen MR) is 140 cm³/mol. The first-order valence-electron chi connectivity index (χ1n) is 12.3. The molecule has 2 fully saturated rings. The fraction of sp³-hybridized carbons (Fsp3) is 0.321. The van der Waals surface area contributed by atoms with Crippen LogP contribution in [0.5, 0.6) is 0 Å². The molecule has 5 rings (SSSR count). The minimum absolute atomic E-state index is 0.0414. The molecule has 188 valence electrons. The summed E-state index contributed by atoms with van der Waals surface area (Å²) in [7, 11) is 0. The summed E-state index contributed by atoms with van der Waals surface area (Å²) in [5.74, 6) is 0.0390. The number of carbonyl (C=O) groups excluding carboxylic acids is 1. The first kappa shape index (κ1) is 24.8. The van der Waals surface area contributed by atoms with E-state index in [1.165, 1.54) is 0 Å². The zero-order chi connectivity index (χ0) is 24.9. The first-order valence-corrected chi connectivity index (χ1v) is 13.4.